The van der Waals surface area contributed by atoms with Gasteiger partial charge in [0.25, 0.3) is 0 Å². The monoisotopic (exact) mass is 196 g/mol. The molecule has 0 N–H and O–H groups in total. The van der Waals surface area contributed by atoms with E-state index in [0.717, 1.165) is 9.75 Å². The molecule has 0 aromatic carbocycles. The summed E-state index contributed by atoms with van der Waals surface area (Å²) in [6.45, 7) is 6.05. The smallest absolute Gasteiger partial charge is 0.198 e. The Labute approximate surface area is 81.8 Å². The summed E-state index contributed by atoms with van der Waals surface area (Å²) in [6.07, 6.45) is 1.63. The minimum atomic E-state index is 0.0416. The molecule has 0 atom stereocenters. The second-order valence-corrected chi connectivity index (χ2v) is 3.93. The van der Waals surface area contributed by atoms with Gasteiger partial charge in [-0.05, 0) is 19.1 Å². The molecule has 0 saturated heterocycles. The zero-order valence-corrected chi connectivity index (χ0v) is 8.39. The fourth-order valence-corrected chi connectivity index (χ4v) is 1.68. The molecule has 0 fully saturated rings. The first-order valence-corrected chi connectivity index (χ1v) is 4.84. The first-order valence-electron chi connectivity index (χ1n) is 4.02. The third-order valence-corrected chi connectivity index (χ3v) is 2.53. The van der Waals surface area contributed by atoms with Crippen LogP contribution in [0, 0.1) is 6.92 Å². The maximum Gasteiger partial charge on any atom is 0.198 e. The van der Waals surface area contributed by atoms with Crippen molar-refractivity contribution in [3.63, 3.8) is 0 Å². The van der Waals surface area contributed by atoms with E-state index in [0.29, 0.717) is 6.61 Å². The summed E-state index contributed by atoms with van der Waals surface area (Å²) >= 11 is 1.50. The molecule has 0 aliphatic carbocycles. The number of ether oxygens (including phenoxy) is 1. The van der Waals surface area contributed by atoms with Crippen LogP contribution in [0.2, 0.25) is 0 Å². The number of carbonyl (C=O) groups is 1. The second kappa shape index (κ2) is 4.94. The Morgan fingerprint density at radius 1 is 1.69 bits per heavy atom. The lowest BCUT2D eigenvalue weighted by molar-refractivity contribution is 0.0810. The molecule has 70 valence electrons. The summed E-state index contributed by atoms with van der Waals surface area (Å²) in [6, 6.07) is 3.77. The summed E-state index contributed by atoms with van der Waals surface area (Å²) in [5, 5.41) is 0. The maximum absolute atomic E-state index is 11.4. The van der Waals surface area contributed by atoms with Gasteiger partial charge in [-0.15, -0.1) is 17.9 Å². The molecule has 0 aliphatic rings. The zero-order chi connectivity index (χ0) is 9.68. The first-order chi connectivity index (χ1) is 6.24. The quantitative estimate of drug-likeness (QED) is 0.411. The molecule has 1 aromatic rings. The molecule has 1 heterocycles. The standard InChI is InChI=1S/C10H12O2S/c1-3-6-12-7-9(11)10-5-4-8(2)13-10/h3-5H,1,6-7H2,2H3. The van der Waals surface area contributed by atoms with Gasteiger partial charge in [0.2, 0.25) is 0 Å². The molecule has 13 heavy (non-hydrogen) atoms. The van der Waals surface area contributed by atoms with E-state index >= 15 is 0 Å². The van der Waals surface area contributed by atoms with Crippen LogP contribution in [0.25, 0.3) is 0 Å². The van der Waals surface area contributed by atoms with Crippen LogP contribution in [0.4, 0.5) is 0 Å². The van der Waals surface area contributed by atoms with Gasteiger partial charge in [0.05, 0.1) is 11.5 Å². The highest BCUT2D eigenvalue weighted by molar-refractivity contribution is 7.14. The van der Waals surface area contributed by atoms with Crippen LogP contribution in [-0.4, -0.2) is 19.0 Å². The molecule has 2 nitrogen and oxygen atoms in total. The SMILES string of the molecule is C=CCOCC(=O)c1ccc(C)s1. The number of ketones is 1. The van der Waals surface area contributed by atoms with Crippen molar-refractivity contribution < 1.29 is 9.53 Å². The van der Waals surface area contributed by atoms with E-state index in [-0.39, 0.29) is 12.4 Å². The fourth-order valence-electron chi connectivity index (χ4n) is 0.890. The molecule has 0 bridgehead atoms. The lowest BCUT2D eigenvalue weighted by atomic mass is 10.3. The summed E-state index contributed by atoms with van der Waals surface area (Å²) in [4.78, 5) is 13.3. The molecule has 3 heteroatoms. The van der Waals surface area contributed by atoms with E-state index in [1.807, 2.05) is 19.1 Å². The van der Waals surface area contributed by atoms with Gasteiger partial charge in [0.1, 0.15) is 6.61 Å². The number of rotatable bonds is 5. The minimum absolute atomic E-state index is 0.0416. The predicted octanol–water partition coefficient (Wildman–Crippen LogP) is 2.44. The zero-order valence-electron chi connectivity index (χ0n) is 7.58. The first kappa shape index (κ1) is 10.2. The van der Waals surface area contributed by atoms with Gasteiger partial charge in [0, 0.05) is 4.88 Å². The topological polar surface area (TPSA) is 26.3 Å². The van der Waals surface area contributed by atoms with Crippen LogP contribution in [-0.2, 0) is 4.74 Å². The van der Waals surface area contributed by atoms with Gasteiger partial charge in [-0.2, -0.15) is 0 Å². The molecule has 0 saturated carbocycles. The summed E-state index contributed by atoms with van der Waals surface area (Å²) in [5.74, 6) is 0.0416. The van der Waals surface area contributed by atoms with Crippen molar-refractivity contribution in [3.8, 4) is 0 Å². The maximum atomic E-state index is 11.4. The molecular formula is C10H12O2S. The third-order valence-electron chi connectivity index (χ3n) is 1.48. The van der Waals surface area contributed by atoms with E-state index in [1.54, 1.807) is 6.08 Å². The molecule has 0 amide bonds. The highest BCUT2D eigenvalue weighted by atomic mass is 32.1. The Morgan fingerprint density at radius 2 is 2.46 bits per heavy atom. The lowest BCUT2D eigenvalue weighted by Crippen LogP contribution is -2.07. The molecular weight excluding hydrogens is 184 g/mol. The highest BCUT2D eigenvalue weighted by Gasteiger charge is 2.07. The number of hydrogen-bond donors (Lipinski definition) is 0. The molecule has 0 spiro atoms. The molecule has 1 rings (SSSR count). The molecule has 0 radical (unpaired) electrons. The number of carbonyl (C=O) groups excluding carboxylic acids is 1. The van der Waals surface area contributed by atoms with Gasteiger partial charge < -0.3 is 4.74 Å². The Morgan fingerprint density at radius 3 is 3.00 bits per heavy atom. The van der Waals surface area contributed by atoms with Crippen LogP contribution < -0.4 is 0 Å². The number of thiophene rings is 1. The van der Waals surface area contributed by atoms with Crippen molar-refractivity contribution in [1.29, 1.82) is 0 Å². The van der Waals surface area contributed by atoms with E-state index in [1.165, 1.54) is 11.3 Å². The lowest BCUT2D eigenvalue weighted by Gasteiger charge is -1.97. The van der Waals surface area contributed by atoms with Crippen LogP contribution >= 0.6 is 11.3 Å². The van der Waals surface area contributed by atoms with Crippen LogP contribution in [0.1, 0.15) is 14.5 Å². The van der Waals surface area contributed by atoms with Crippen molar-refractivity contribution in [2.75, 3.05) is 13.2 Å². The van der Waals surface area contributed by atoms with Crippen molar-refractivity contribution in [1.82, 2.24) is 0 Å². The fraction of sp³-hybridized carbons (Fsp3) is 0.300. The predicted molar refractivity (Wildman–Crippen MR) is 54.4 cm³/mol. The van der Waals surface area contributed by atoms with Crippen LogP contribution in [0.3, 0.4) is 0 Å². The van der Waals surface area contributed by atoms with Crippen molar-refractivity contribution in [2.24, 2.45) is 0 Å². The van der Waals surface area contributed by atoms with Gasteiger partial charge in [-0.25, -0.2) is 0 Å². The normalized spacial score (nSPS) is 9.92. The summed E-state index contributed by atoms with van der Waals surface area (Å²) in [5.41, 5.74) is 0. The van der Waals surface area contributed by atoms with E-state index in [9.17, 15) is 4.79 Å². The summed E-state index contributed by atoms with van der Waals surface area (Å²) < 4.78 is 5.05. The van der Waals surface area contributed by atoms with Gasteiger partial charge in [-0.1, -0.05) is 6.08 Å². The Balaban J connectivity index is 2.44. The van der Waals surface area contributed by atoms with Gasteiger partial charge >= 0.3 is 0 Å². The van der Waals surface area contributed by atoms with Crippen molar-refractivity contribution in [3.05, 3.63) is 34.5 Å². The number of hydrogen-bond acceptors (Lipinski definition) is 3. The Hall–Kier alpha value is -0.930. The second-order valence-electron chi connectivity index (χ2n) is 2.64. The van der Waals surface area contributed by atoms with Crippen LogP contribution in [0.15, 0.2) is 24.8 Å². The molecule has 1 aromatic heterocycles. The Kier molecular flexibility index (Phi) is 3.86. The molecule has 0 aliphatic heterocycles. The van der Waals surface area contributed by atoms with Gasteiger partial charge in [-0.3, -0.25) is 4.79 Å². The van der Waals surface area contributed by atoms with Crippen LogP contribution in [0.5, 0.6) is 0 Å². The van der Waals surface area contributed by atoms with Crippen molar-refractivity contribution in [2.45, 2.75) is 6.92 Å². The summed E-state index contributed by atoms with van der Waals surface area (Å²) in [7, 11) is 0. The van der Waals surface area contributed by atoms with E-state index in [2.05, 4.69) is 6.58 Å². The van der Waals surface area contributed by atoms with Gasteiger partial charge in [0.15, 0.2) is 5.78 Å². The average Bonchev–Trinajstić information content (AvgIpc) is 2.52. The van der Waals surface area contributed by atoms with Crippen molar-refractivity contribution >= 4 is 17.1 Å². The minimum Gasteiger partial charge on any atom is -0.369 e. The molecule has 0 unspecified atom stereocenters. The average molecular weight is 196 g/mol. The Bertz CT molecular complexity index is 302. The highest BCUT2D eigenvalue weighted by Crippen LogP contribution is 2.15. The van der Waals surface area contributed by atoms with E-state index < -0.39 is 0 Å². The van der Waals surface area contributed by atoms with E-state index in [4.69, 9.17) is 4.74 Å². The number of aryl methyl sites for hydroxylation is 1. The largest absolute Gasteiger partial charge is 0.369 e. The third kappa shape index (κ3) is 3.13. The number of Topliss-reactive ketones (excluding diaryl/α,β-unsaturated/α-hetero) is 1.